The molecule has 120 valence electrons. The van der Waals surface area contributed by atoms with Crippen LogP contribution in [0, 0.1) is 0 Å². The van der Waals surface area contributed by atoms with Crippen molar-refractivity contribution in [3.8, 4) is 0 Å². The van der Waals surface area contributed by atoms with E-state index < -0.39 is 11.8 Å². The lowest BCUT2D eigenvalue weighted by Crippen LogP contribution is -2.40. The molecule has 1 aliphatic rings. The summed E-state index contributed by atoms with van der Waals surface area (Å²) in [7, 11) is 0. The minimum absolute atomic E-state index is 0.0878. The maximum absolute atomic E-state index is 12.3. The van der Waals surface area contributed by atoms with E-state index in [1.54, 1.807) is 4.90 Å². The molecule has 1 aromatic carbocycles. The van der Waals surface area contributed by atoms with Gasteiger partial charge in [-0.3, -0.25) is 9.59 Å². The van der Waals surface area contributed by atoms with Crippen molar-refractivity contribution in [2.24, 2.45) is 0 Å². The lowest BCUT2D eigenvalue weighted by Gasteiger charge is -2.24. The van der Waals surface area contributed by atoms with Crippen LogP contribution in [-0.4, -0.2) is 29.8 Å². The van der Waals surface area contributed by atoms with Gasteiger partial charge < -0.3 is 10.2 Å². The lowest BCUT2D eigenvalue weighted by atomic mass is 9.86. The standard InChI is InChI=1S/C18H26N2O2/c1-18(2,3)14-10-6-7-11-15(14)19-16(21)17(22)20-12-8-4-5-9-13-20/h6-7,10-11H,4-5,8-9,12-13H2,1-3H3,(H,19,21). The first-order valence-electron chi connectivity index (χ1n) is 8.09. The summed E-state index contributed by atoms with van der Waals surface area (Å²) in [5, 5.41) is 2.80. The van der Waals surface area contributed by atoms with Crippen LogP contribution in [0.4, 0.5) is 5.69 Å². The van der Waals surface area contributed by atoms with E-state index in [2.05, 4.69) is 26.1 Å². The Bertz CT molecular complexity index is 538. The largest absolute Gasteiger partial charge is 0.334 e. The van der Waals surface area contributed by atoms with E-state index in [4.69, 9.17) is 0 Å². The molecule has 1 N–H and O–H groups in total. The highest BCUT2D eigenvalue weighted by atomic mass is 16.2. The number of carbonyl (C=O) groups excluding carboxylic acids is 2. The average Bonchev–Trinajstić information content (AvgIpc) is 2.75. The van der Waals surface area contributed by atoms with Crippen LogP contribution in [-0.2, 0) is 15.0 Å². The van der Waals surface area contributed by atoms with E-state index in [1.807, 2.05) is 24.3 Å². The Kier molecular flexibility index (Phi) is 5.22. The minimum Gasteiger partial charge on any atom is -0.334 e. The second kappa shape index (κ2) is 6.95. The first kappa shape index (κ1) is 16.5. The third-order valence-corrected chi connectivity index (χ3v) is 4.07. The lowest BCUT2D eigenvalue weighted by molar-refractivity contribution is -0.143. The molecule has 0 saturated carbocycles. The maximum atomic E-state index is 12.3. The van der Waals surface area contributed by atoms with Crippen molar-refractivity contribution in [2.75, 3.05) is 18.4 Å². The predicted octanol–water partition coefficient (Wildman–Crippen LogP) is 3.33. The fourth-order valence-corrected chi connectivity index (χ4v) is 2.84. The van der Waals surface area contributed by atoms with Crippen molar-refractivity contribution < 1.29 is 9.59 Å². The molecule has 0 aromatic heterocycles. The molecule has 0 radical (unpaired) electrons. The molecule has 4 nitrogen and oxygen atoms in total. The topological polar surface area (TPSA) is 49.4 Å². The Morgan fingerprint density at radius 3 is 2.18 bits per heavy atom. The van der Waals surface area contributed by atoms with Crippen LogP contribution in [0.2, 0.25) is 0 Å². The number of amides is 2. The van der Waals surface area contributed by atoms with Crippen molar-refractivity contribution in [3.05, 3.63) is 29.8 Å². The third-order valence-electron chi connectivity index (χ3n) is 4.07. The molecule has 1 aliphatic heterocycles. The van der Waals surface area contributed by atoms with E-state index >= 15 is 0 Å². The van der Waals surface area contributed by atoms with Crippen LogP contribution in [0.1, 0.15) is 52.0 Å². The van der Waals surface area contributed by atoms with Gasteiger partial charge in [0.25, 0.3) is 0 Å². The van der Waals surface area contributed by atoms with Gasteiger partial charge in [0.05, 0.1) is 0 Å². The fourth-order valence-electron chi connectivity index (χ4n) is 2.84. The Balaban J connectivity index is 2.10. The summed E-state index contributed by atoms with van der Waals surface area (Å²) in [4.78, 5) is 26.3. The summed E-state index contributed by atoms with van der Waals surface area (Å²) < 4.78 is 0. The van der Waals surface area contributed by atoms with Crippen molar-refractivity contribution >= 4 is 17.5 Å². The molecular weight excluding hydrogens is 276 g/mol. The van der Waals surface area contributed by atoms with Crippen LogP contribution < -0.4 is 5.32 Å². The average molecular weight is 302 g/mol. The summed E-state index contributed by atoms with van der Waals surface area (Å²) >= 11 is 0. The monoisotopic (exact) mass is 302 g/mol. The van der Waals surface area contributed by atoms with Crippen LogP contribution in [0.25, 0.3) is 0 Å². The van der Waals surface area contributed by atoms with Gasteiger partial charge in [-0.2, -0.15) is 0 Å². The second-order valence-electron chi connectivity index (χ2n) is 6.96. The molecule has 0 aliphatic carbocycles. The number of benzene rings is 1. The van der Waals surface area contributed by atoms with Gasteiger partial charge in [-0.15, -0.1) is 0 Å². The normalized spacial score (nSPS) is 16.0. The molecule has 1 saturated heterocycles. The van der Waals surface area contributed by atoms with Gasteiger partial charge in [-0.25, -0.2) is 0 Å². The van der Waals surface area contributed by atoms with Gasteiger partial charge in [0.2, 0.25) is 0 Å². The Hall–Kier alpha value is -1.84. The number of nitrogens with zero attached hydrogens (tertiary/aromatic N) is 1. The molecule has 2 rings (SSSR count). The molecule has 1 heterocycles. The molecule has 2 amide bonds. The van der Waals surface area contributed by atoms with Crippen molar-refractivity contribution in [2.45, 2.75) is 51.9 Å². The predicted molar refractivity (Wildman–Crippen MR) is 88.8 cm³/mol. The highest BCUT2D eigenvalue weighted by Crippen LogP contribution is 2.29. The summed E-state index contributed by atoms with van der Waals surface area (Å²) in [6.45, 7) is 7.65. The molecule has 1 fully saturated rings. The number of rotatable bonds is 1. The minimum atomic E-state index is -0.529. The number of nitrogens with one attached hydrogen (secondary N) is 1. The number of likely N-dealkylation sites (tertiary alicyclic amines) is 1. The van der Waals surface area contributed by atoms with Gasteiger partial charge >= 0.3 is 11.8 Å². The molecule has 0 atom stereocenters. The quantitative estimate of drug-likeness (QED) is 0.809. The Morgan fingerprint density at radius 1 is 1.00 bits per heavy atom. The van der Waals surface area contributed by atoms with Crippen LogP contribution in [0.5, 0.6) is 0 Å². The van der Waals surface area contributed by atoms with E-state index in [0.717, 1.165) is 36.9 Å². The summed E-state index contributed by atoms with van der Waals surface area (Å²) in [6.07, 6.45) is 4.24. The molecule has 0 spiro atoms. The first-order chi connectivity index (χ1) is 10.4. The highest BCUT2D eigenvalue weighted by Gasteiger charge is 2.25. The van der Waals surface area contributed by atoms with Crippen molar-refractivity contribution in [3.63, 3.8) is 0 Å². The summed E-state index contributed by atoms with van der Waals surface area (Å²) in [5.41, 5.74) is 1.67. The molecule has 0 bridgehead atoms. The molecular formula is C18H26N2O2. The number of hydrogen-bond donors (Lipinski definition) is 1. The molecule has 4 heteroatoms. The zero-order chi connectivity index (χ0) is 16.2. The number of anilines is 1. The highest BCUT2D eigenvalue weighted by molar-refractivity contribution is 6.39. The molecule has 22 heavy (non-hydrogen) atoms. The second-order valence-corrected chi connectivity index (χ2v) is 6.96. The zero-order valence-electron chi connectivity index (χ0n) is 13.8. The van der Waals surface area contributed by atoms with E-state index in [9.17, 15) is 9.59 Å². The van der Waals surface area contributed by atoms with E-state index in [0.29, 0.717) is 13.1 Å². The van der Waals surface area contributed by atoms with Gasteiger partial charge in [0, 0.05) is 18.8 Å². The molecule has 1 aromatic rings. The summed E-state index contributed by atoms with van der Waals surface area (Å²) in [5.74, 6) is -0.941. The van der Waals surface area contributed by atoms with E-state index in [-0.39, 0.29) is 5.41 Å². The number of para-hydroxylation sites is 1. The van der Waals surface area contributed by atoms with Gasteiger partial charge in [-0.05, 0) is 29.9 Å². The van der Waals surface area contributed by atoms with E-state index in [1.165, 1.54) is 0 Å². The SMILES string of the molecule is CC(C)(C)c1ccccc1NC(=O)C(=O)N1CCCCCC1. The van der Waals surface area contributed by atoms with Crippen LogP contribution in [0.15, 0.2) is 24.3 Å². The van der Waals surface area contributed by atoms with Crippen LogP contribution >= 0.6 is 0 Å². The number of carbonyl (C=O) groups is 2. The van der Waals surface area contributed by atoms with Gasteiger partial charge in [0.1, 0.15) is 0 Å². The van der Waals surface area contributed by atoms with Crippen molar-refractivity contribution in [1.82, 2.24) is 4.90 Å². The Labute approximate surface area is 132 Å². The Morgan fingerprint density at radius 2 is 1.59 bits per heavy atom. The maximum Gasteiger partial charge on any atom is 0.313 e. The zero-order valence-corrected chi connectivity index (χ0v) is 13.8. The smallest absolute Gasteiger partial charge is 0.313 e. The fraction of sp³-hybridized carbons (Fsp3) is 0.556. The van der Waals surface area contributed by atoms with Crippen molar-refractivity contribution in [1.29, 1.82) is 0 Å². The van der Waals surface area contributed by atoms with Gasteiger partial charge in [-0.1, -0.05) is 51.8 Å². The number of hydrogen-bond acceptors (Lipinski definition) is 2. The summed E-state index contributed by atoms with van der Waals surface area (Å²) in [6, 6.07) is 7.67. The van der Waals surface area contributed by atoms with Gasteiger partial charge in [0.15, 0.2) is 0 Å². The third kappa shape index (κ3) is 4.09. The molecule has 0 unspecified atom stereocenters. The first-order valence-corrected chi connectivity index (χ1v) is 8.09. The van der Waals surface area contributed by atoms with Crippen LogP contribution in [0.3, 0.4) is 0 Å².